The maximum absolute atomic E-state index is 12.7. The van der Waals surface area contributed by atoms with E-state index in [0.29, 0.717) is 22.4 Å². The van der Waals surface area contributed by atoms with Crippen LogP contribution in [0, 0.1) is 11.8 Å². The van der Waals surface area contributed by atoms with Gasteiger partial charge in [0.2, 0.25) is 0 Å². The van der Waals surface area contributed by atoms with Gasteiger partial charge in [0.25, 0.3) is 0 Å². The molecule has 0 bridgehead atoms. The summed E-state index contributed by atoms with van der Waals surface area (Å²) < 4.78 is 44.6. The van der Waals surface area contributed by atoms with Crippen molar-refractivity contribution in [1.29, 1.82) is 0 Å². The van der Waals surface area contributed by atoms with Crippen molar-refractivity contribution in [3.8, 4) is 5.69 Å². The molecule has 15 heteroatoms. The van der Waals surface area contributed by atoms with E-state index in [2.05, 4.69) is 20.5 Å². The molecule has 2 aromatic rings. The number of carbonyl (C=O) groups excluding carboxylic acids is 3. The molecule has 2 atom stereocenters. The molecule has 1 aromatic heterocycles. The average molecular weight is 606 g/mol. The summed E-state index contributed by atoms with van der Waals surface area (Å²) >= 11 is 0. The zero-order chi connectivity index (χ0) is 31.1. The fourth-order valence-electron chi connectivity index (χ4n) is 5.57. The number of aromatic nitrogens is 2. The van der Waals surface area contributed by atoms with Crippen LogP contribution in [0.1, 0.15) is 26.3 Å². The van der Waals surface area contributed by atoms with Crippen LogP contribution in [0.3, 0.4) is 0 Å². The van der Waals surface area contributed by atoms with E-state index in [4.69, 9.17) is 4.74 Å². The van der Waals surface area contributed by atoms with Crippen LogP contribution >= 0.6 is 0 Å². The van der Waals surface area contributed by atoms with E-state index in [-0.39, 0.29) is 44.1 Å². The van der Waals surface area contributed by atoms with Gasteiger partial charge in [0.1, 0.15) is 11.4 Å². The fraction of sp³-hybridized carbons (Fsp3) is 0.536. The Bertz CT molecular complexity index is 1420. The largest absolute Gasteiger partial charge is 0.471 e. The maximum Gasteiger partial charge on any atom is 0.471 e. The summed E-state index contributed by atoms with van der Waals surface area (Å²) in [6, 6.07) is 8.46. The Morgan fingerprint density at radius 3 is 2.12 bits per heavy atom. The number of alkyl halides is 3. The minimum absolute atomic E-state index is 0.00345. The van der Waals surface area contributed by atoms with E-state index in [0.717, 1.165) is 25.2 Å². The highest BCUT2D eigenvalue weighted by atomic mass is 19.4. The molecule has 3 heterocycles. The number of anilines is 1. The highest BCUT2D eigenvalue weighted by molar-refractivity contribution is 5.88. The number of fused-ring (bicyclic) bond motifs is 1. The number of piperazine rings is 1. The third kappa shape index (κ3) is 7.27. The van der Waals surface area contributed by atoms with E-state index in [1.54, 1.807) is 0 Å². The maximum atomic E-state index is 12.7. The number of carbonyl (C=O) groups is 3. The molecule has 3 aliphatic rings. The van der Waals surface area contributed by atoms with Gasteiger partial charge in [-0.25, -0.2) is 14.4 Å². The van der Waals surface area contributed by atoms with Crippen LogP contribution in [0.4, 0.5) is 28.6 Å². The first-order chi connectivity index (χ1) is 20.2. The number of ether oxygens (including phenoxy) is 1. The quantitative estimate of drug-likeness (QED) is 0.536. The van der Waals surface area contributed by atoms with Crippen molar-refractivity contribution in [1.82, 2.24) is 29.6 Å². The predicted molar refractivity (Wildman–Crippen MR) is 148 cm³/mol. The van der Waals surface area contributed by atoms with Gasteiger partial charge in [0.15, 0.2) is 0 Å². The number of hydrogen-bond donors (Lipinski definition) is 2. The van der Waals surface area contributed by atoms with Gasteiger partial charge in [-0.1, -0.05) is 12.1 Å². The second-order valence-corrected chi connectivity index (χ2v) is 12.0. The number of piperidine rings is 1. The summed E-state index contributed by atoms with van der Waals surface area (Å²) in [6.45, 7) is 7.34. The number of urea groups is 1. The van der Waals surface area contributed by atoms with Gasteiger partial charge in [0.05, 0.1) is 5.69 Å². The zero-order valence-corrected chi connectivity index (χ0v) is 24.1. The van der Waals surface area contributed by atoms with Crippen molar-refractivity contribution >= 4 is 23.8 Å². The summed E-state index contributed by atoms with van der Waals surface area (Å²) in [5, 5.41) is 5.46. The van der Waals surface area contributed by atoms with Crippen LogP contribution in [0.5, 0.6) is 0 Å². The minimum Gasteiger partial charge on any atom is -0.444 e. The molecule has 232 valence electrons. The van der Waals surface area contributed by atoms with Crippen molar-refractivity contribution in [3.63, 3.8) is 0 Å². The Balaban J connectivity index is 1.09. The number of nitrogens with zero attached hydrogens (tertiary/aromatic N) is 5. The zero-order valence-electron chi connectivity index (χ0n) is 24.1. The molecule has 3 fully saturated rings. The molecule has 2 unspecified atom stereocenters. The number of amides is 4. The standard InChI is InChI=1S/C28H34F3N7O5/c1-27(2,3)43-26(42)34-22-19-15-35(16-20(19)22)14-17-4-6-18(7-5-17)38-9-8-21(33-25(38)41)32-24(40)37-12-10-36(11-13-37)23(39)28(29,30)31/h4-9,19-20,22H,10-16H2,1-3H3,(H,34,42)(H,32,33,40,41). The number of nitrogens with one attached hydrogen (secondary N) is 2. The van der Waals surface area contributed by atoms with E-state index in [9.17, 15) is 32.3 Å². The normalized spacial score (nSPS) is 22.1. The Morgan fingerprint density at radius 2 is 1.56 bits per heavy atom. The highest BCUT2D eigenvalue weighted by Crippen LogP contribution is 2.46. The number of hydrogen-bond acceptors (Lipinski definition) is 7. The molecule has 2 aliphatic heterocycles. The van der Waals surface area contributed by atoms with Crippen molar-refractivity contribution in [2.75, 3.05) is 44.6 Å². The molecule has 4 amide bonds. The second kappa shape index (κ2) is 11.5. The second-order valence-electron chi connectivity index (χ2n) is 12.0. The lowest BCUT2D eigenvalue weighted by atomic mass is 10.2. The first kappa shape index (κ1) is 30.3. The number of benzene rings is 1. The summed E-state index contributed by atoms with van der Waals surface area (Å²) in [6.07, 6.45) is -3.86. The predicted octanol–water partition coefficient (Wildman–Crippen LogP) is 2.43. The molecule has 2 N–H and O–H groups in total. The van der Waals surface area contributed by atoms with Crippen LogP contribution in [0.2, 0.25) is 0 Å². The third-order valence-corrected chi connectivity index (χ3v) is 7.71. The van der Waals surface area contributed by atoms with Crippen LogP contribution in [-0.2, 0) is 16.1 Å². The van der Waals surface area contributed by atoms with Gasteiger partial charge in [-0.05, 0) is 56.4 Å². The molecule has 0 radical (unpaired) electrons. The lowest BCUT2D eigenvalue weighted by Gasteiger charge is -2.34. The van der Waals surface area contributed by atoms with Crippen molar-refractivity contribution in [2.45, 2.75) is 45.1 Å². The van der Waals surface area contributed by atoms with Gasteiger partial charge in [-0.15, -0.1) is 0 Å². The number of rotatable bonds is 5. The van der Waals surface area contributed by atoms with Gasteiger partial charge in [-0.2, -0.15) is 18.2 Å². The lowest BCUT2D eigenvalue weighted by Crippen LogP contribution is -2.54. The molecule has 1 saturated carbocycles. The van der Waals surface area contributed by atoms with E-state index < -0.39 is 29.4 Å². The topological polar surface area (TPSA) is 129 Å². The molecule has 5 rings (SSSR count). The fourth-order valence-corrected chi connectivity index (χ4v) is 5.57. The Labute approximate surface area is 245 Å². The molecule has 0 spiro atoms. The van der Waals surface area contributed by atoms with Crippen molar-refractivity contribution < 1.29 is 32.3 Å². The number of alkyl carbamates (subject to hydrolysis) is 1. The Hall–Kier alpha value is -4.14. The number of halogens is 3. The summed E-state index contributed by atoms with van der Waals surface area (Å²) in [5.41, 5.74) is 0.521. The SMILES string of the molecule is CC(C)(C)OC(=O)NC1C2CN(Cc3ccc(-n4ccc(NC(=O)N5CCN(C(=O)C(F)(F)F)CC5)nc4=O)cc3)CC21. The van der Waals surface area contributed by atoms with Crippen LogP contribution in [0.15, 0.2) is 41.3 Å². The van der Waals surface area contributed by atoms with Crippen molar-refractivity contribution in [3.05, 3.63) is 52.6 Å². The molecule has 1 aromatic carbocycles. The van der Waals surface area contributed by atoms with Crippen LogP contribution in [0.25, 0.3) is 5.69 Å². The number of likely N-dealkylation sites (tertiary alicyclic amines) is 1. The Morgan fingerprint density at radius 1 is 0.953 bits per heavy atom. The van der Waals surface area contributed by atoms with E-state index in [1.807, 2.05) is 45.0 Å². The summed E-state index contributed by atoms with van der Waals surface area (Å²) in [5.74, 6) is -1.10. The monoisotopic (exact) mass is 605 g/mol. The van der Waals surface area contributed by atoms with Gasteiger partial charge in [-0.3, -0.25) is 19.6 Å². The molecule has 2 saturated heterocycles. The van der Waals surface area contributed by atoms with Crippen LogP contribution in [-0.4, -0.2) is 99.4 Å². The molecular formula is C28H34F3N7O5. The minimum atomic E-state index is -4.96. The summed E-state index contributed by atoms with van der Waals surface area (Å²) in [4.78, 5) is 56.8. The van der Waals surface area contributed by atoms with Gasteiger partial charge < -0.3 is 19.9 Å². The molecule has 12 nitrogen and oxygen atoms in total. The molecule has 1 aliphatic carbocycles. The van der Waals surface area contributed by atoms with Gasteiger partial charge >= 0.3 is 29.9 Å². The smallest absolute Gasteiger partial charge is 0.444 e. The van der Waals surface area contributed by atoms with Crippen LogP contribution < -0.4 is 16.3 Å². The molecular weight excluding hydrogens is 571 g/mol. The average Bonchev–Trinajstić information content (AvgIpc) is 3.34. The highest BCUT2D eigenvalue weighted by Gasteiger charge is 2.56. The van der Waals surface area contributed by atoms with E-state index >= 15 is 0 Å². The first-order valence-electron chi connectivity index (χ1n) is 14.0. The van der Waals surface area contributed by atoms with Crippen molar-refractivity contribution in [2.24, 2.45) is 11.8 Å². The lowest BCUT2D eigenvalue weighted by molar-refractivity contribution is -0.186. The Kier molecular flexibility index (Phi) is 8.11. The summed E-state index contributed by atoms with van der Waals surface area (Å²) in [7, 11) is 0. The first-order valence-corrected chi connectivity index (χ1v) is 14.0. The third-order valence-electron chi connectivity index (χ3n) is 7.71. The van der Waals surface area contributed by atoms with Gasteiger partial charge in [0, 0.05) is 58.1 Å². The van der Waals surface area contributed by atoms with E-state index in [1.165, 1.54) is 21.7 Å². The molecule has 43 heavy (non-hydrogen) atoms.